The molecule has 0 aromatic heterocycles. The van der Waals surface area contributed by atoms with E-state index in [2.05, 4.69) is 0 Å². The van der Waals surface area contributed by atoms with Crippen molar-refractivity contribution >= 4 is 6.29 Å². The molecule has 1 saturated carbocycles. The Hall–Kier alpha value is -0.410. The van der Waals surface area contributed by atoms with E-state index in [-0.39, 0.29) is 18.1 Å². The molecule has 0 radical (unpaired) electrons. The van der Waals surface area contributed by atoms with Gasteiger partial charge in [-0.15, -0.1) is 0 Å². The lowest BCUT2D eigenvalue weighted by atomic mass is 9.85. The molecule has 0 aromatic carbocycles. The quantitative estimate of drug-likeness (QED) is 0.596. The zero-order chi connectivity index (χ0) is 8.97. The fraction of sp³-hybridized carbons (Fsp3) is 0.889. The lowest BCUT2D eigenvalue weighted by Crippen LogP contribution is -2.40. The summed E-state index contributed by atoms with van der Waals surface area (Å²) in [6.45, 7) is 0. The zero-order valence-corrected chi connectivity index (χ0v) is 7.66. The number of methoxy groups -OCH3 is 2. The minimum absolute atomic E-state index is 0.0219. The van der Waals surface area contributed by atoms with Crippen LogP contribution in [0.4, 0.5) is 0 Å². The number of carbonyl (C=O) groups is 1. The Morgan fingerprint density at radius 2 is 2.00 bits per heavy atom. The number of rotatable bonds is 3. The van der Waals surface area contributed by atoms with Crippen LogP contribution >= 0.6 is 0 Å². The molecule has 1 aliphatic carbocycles. The summed E-state index contributed by atoms with van der Waals surface area (Å²) in [6, 6.07) is 0. The summed E-state index contributed by atoms with van der Waals surface area (Å²) < 4.78 is 10.5. The lowest BCUT2D eigenvalue weighted by Gasteiger charge is -2.33. The first-order valence-corrected chi connectivity index (χ1v) is 4.34. The van der Waals surface area contributed by atoms with Crippen LogP contribution in [0.25, 0.3) is 0 Å². The van der Waals surface area contributed by atoms with E-state index in [0.29, 0.717) is 0 Å². The highest BCUT2D eigenvalue weighted by Gasteiger charge is 2.33. The van der Waals surface area contributed by atoms with Crippen molar-refractivity contribution in [1.82, 2.24) is 0 Å². The zero-order valence-electron chi connectivity index (χ0n) is 7.66. The standard InChI is InChI=1S/C9H16O3/c1-11-8-5-3-4-7(6-10)9(8)12-2/h6-9H,3-5H2,1-2H3. The van der Waals surface area contributed by atoms with Crippen LogP contribution in [-0.2, 0) is 14.3 Å². The van der Waals surface area contributed by atoms with Gasteiger partial charge in [0, 0.05) is 20.1 Å². The molecule has 3 nitrogen and oxygen atoms in total. The Labute approximate surface area is 73.0 Å². The third-order valence-corrected chi connectivity index (χ3v) is 2.56. The maximum atomic E-state index is 10.7. The fourth-order valence-corrected chi connectivity index (χ4v) is 1.88. The van der Waals surface area contributed by atoms with Crippen molar-refractivity contribution in [3.63, 3.8) is 0 Å². The number of ether oxygens (including phenoxy) is 2. The molecule has 1 aliphatic rings. The molecule has 12 heavy (non-hydrogen) atoms. The fourth-order valence-electron chi connectivity index (χ4n) is 1.88. The number of hydrogen-bond acceptors (Lipinski definition) is 3. The van der Waals surface area contributed by atoms with Gasteiger partial charge < -0.3 is 14.3 Å². The first-order chi connectivity index (χ1) is 5.83. The molecule has 3 heteroatoms. The van der Waals surface area contributed by atoms with Crippen molar-refractivity contribution in [3.8, 4) is 0 Å². The second-order valence-corrected chi connectivity index (χ2v) is 3.21. The van der Waals surface area contributed by atoms with E-state index < -0.39 is 0 Å². The molecule has 0 N–H and O–H groups in total. The van der Waals surface area contributed by atoms with Gasteiger partial charge in [0.25, 0.3) is 0 Å². The van der Waals surface area contributed by atoms with Crippen LogP contribution in [0, 0.1) is 5.92 Å². The van der Waals surface area contributed by atoms with Crippen molar-refractivity contribution in [1.29, 1.82) is 0 Å². The van der Waals surface area contributed by atoms with E-state index in [4.69, 9.17) is 9.47 Å². The molecule has 1 fully saturated rings. The van der Waals surface area contributed by atoms with Gasteiger partial charge >= 0.3 is 0 Å². The molecule has 1 rings (SSSR count). The average Bonchev–Trinajstić information content (AvgIpc) is 2.16. The third kappa shape index (κ3) is 1.84. The Kier molecular flexibility index (Phi) is 3.69. The van der Waals surface area contributed by atoms with Gasteiger partial charge in [-0.2, -0.15) is 0 Å². The molecule has 0 heterocycles. The number of hydrogen-bond donors (Lipinski definition) is 0. The molecule has 70 valence electrons. The summed E-state index contributed by atoms with van der Waals surface area (Å²) >= 11 is 0. The smallest absolute Gasteiger partial charge is 0.125 e. The van der Waals surface area contributed by atoms with Gasteiger partial charge in [-0.25, -0.2) is 0 Å². The van der Waals surface area contributed by atoms with Crippen molar-refractivity contribution < 1.29 is 14.3 Å². The summed E-state index contributed by atoms with van der Waals surface area (Å²) in [5.41, 5.74) is 0. The van der Waals surface area contributed by atoms with Gasteiger partial charge in [-0.05, 0) is 19.3 Å². The topological polar surface area (TPSA) is 35.5 Å². The Morgan fingerprint density at radius 3 is 2.50 bits per heavy atom. The van der Waals surface area contributed by atoms with Gasteiger partial charge in [-0.1, -0.05) is 0 Å². The number of carbonyl (C=O) groups excluding carboxylic acids is 1. The largest absolute Gasteiger partial charge is 0.379 e. The van der Waals surface area contributed by atoms with Crippen LogP contribution in [0.1, 0.15) is 19.3 Å². The van der Waals surface area contributed by atoms with E-state index in [0.717, 1.165) is 25.5 Å². The molecule has 3 unspecified atom stereocenters. The Morgan fingerprint density at radius 1 is 1.25 bits per heavy atom. The van der Waals surface area contributed by atoms with E-state index in [1.54, 1.807) is 14.2 Å². The summed E-state index contributed by atoms with van der Waals surface area (Å²) in [6.07, 6.45) is 4.03. The molecule has 0 saturated heterocycles. The van der Waals surface area contributed by atoms with Crippen LogP contribution in [0.2, 0.25) is 0 Å². The molecular formula is C9H16O3. The molecule has 0 bridgehead atoms. The van der Waals surface area contributed by atoms with Gasteiger partial charge in [-0.3, -0.25) is 0 Å². The maximum absolute atomic E-state index is 10.7. The lowest BCUT2D eigenvalue weighted by molar-refractivity contribution is -0.126. The second-order valence-electron chi connectivity index (χ2n) is 3.21. The molecule has 0 aromatic rings. The number of aldehydes is 1. The average molecular weight is 172 g/mol. The summed E-state index contributed by atoms with van der Waals surface area (Å²) in [4.78, 5) is 10.7. The van der Waals surface area contributed by atoms with Crippen molar-refractivity contribution in [2.24, 2.45) is 5.92 Å². The highest BCUT2D eigenvalue weighted by Crippen LogP contribution is 2.27. The summed E-state index contributed by atoms with van der Waals surface area (Å²) in [5.74, 6) is 0.0219. The van der Waals surface area contributed by atoms with Crippen LogP contribution in [0.15, 0.2) is 0 Å². The van der Waals surface area contributed by atoms with E-state index >= 15 is 0 Å². The van der Waals surface area contributed by atoms with Crippen molar-refractivity contribution in [3.05, 3.63) is 0 Å². The molecule has 0 spiro atoms. The highest BCUT2D eigenvalue weighted by atomic mass is 16.5. The summed E-state index contributed by atoms with van der Waals surface area (Å²) in [5, 5.41) is 0. The SMILES string of the molecule is COC1CCCC(C=O)C1OC. The van der Waals surface area contributed by atoms with Crippen LogP contribution in [0.3, 0.4) is 0 Å². The monoisotopic (exact) mass is 172 g/mol. The Bertz CT molecular complexity index is 147. The first-order valence-electron chi connectivity index (χ1n) is 4.34. The predicted octanol–water partition coefficient (Wildman–Crippen LogP) is 1.02. The molecule has 3 atom stereocenters. The van der Waals surface area contributed by atoms with E-state index in [1.807, 2.05) is 0 Å². The normalized spacial score (nSPS) is 36.3. The van der Waals surface area contributed by atoms with Crippen LogP contribution < -0.4 is 0 Å². The minimum atomic E-state index is -0.0405. The van der Waals surface area contributed by atoms with Gasteiger partial charge in [0.1, 0.15) is 6.29 Å². The second kappa shape index (κ2) is 4.58. The molecule has 0 aliphatic heterocycles. The molecule has 0 amide bonds. The first kappa shape index (κ1) is 9.68. The van der Waals surface area contributed by atoms with E-state index in [1.165, 1.54) is 0 Å². The van der Waals surface area contributed by atoms with Gasteiger partial charge in [0.05, 0.1) is 12.2 Å². The summed E-state index contributed by atoms with van der Waals surface area (Å²) in [7, 11) is 3.31. The van der Waals surface area contributed by atoms with Crippen LogP contribution in [-0.4, -0.2) is 32.7 Å². The van der Waals surface area contributed by atoms with E-state index in [9.17, 15) is 4.79 Å². The highest BCUT2D eigenvalue weighted by molar-refractivity contribution is 5.55. The van der Waals surface area contributed by atoms with Crippen LogP contribution in [0.5, 0.6) is 0 Å². The van der Waals surface area contributed by atoms with Crippen molar-refractivity contribution in [2.45, 2.75) is 31.5 Å². The third-order valence-electron chi connectivity index (χ3n) is 2.56. The van der Waals surface area contributed by atoms with Gasteiger partial charge in [0.15, 0.2) is 0 Å². The van der Waals surface area contributed by atoms with Crippen molar-refractivity contribution in [2.75, 3.05) is 14.2 Å². The minimum Gasteiger partial charge on any atom is -0.379 e. The Balaban J connectivity index is 2.58. The predicted molar refractivity (Wildman–Crippen MR) is 45.0 cm³/mol. The molecular weight excluding hydrogens is 156 g/mol. The van der Waals surface area contributed by atoms with Gasteiger partial charge in [0.2, 0.25) is 0 Å². The maximum Gasteiger partial charge on any atom is 0.125 e.